The number of carbonyl (C=O) groups excluding carboxylic acids is 2. The van der Waals surface area contributed by atoms with Crippen molar-refractivity contribution in [3.8, 4) is 11.4 Å². The van der Waals surface area contributed by atoms with E-state index in [1.807, 2.05) is 20.8 Å². The zero-order chi connectivity index (χ0) is 39.0. The fourth-order valence-corrected chi connectivity index (χ4v) is 6.54. The van der Waals surface area contributed by atoms with Crippen LogP contribution in [0, 0.1) is 11.3 Å². The second-order valence-electron chi connectivity index (χ2n) is 14.5. The Bertz CT molecular complexity index is 1940. The molecule has 19 heteroatoms. The fraction of sp³-hybridized carbons (Fsp3) is 0.471. The van der Waals surface area contributed by atoms with Gasteiger partial charge in [-0.25, -0.2) is 28.2 Å². The van der Waals surface area contributed by atoms with Gasteiger partial charge in [0.05, 0.1) is 22.8 Å². The van der Waals surface area contributed by atoms with Crippen LogP contribution < -0.4 is 11.1 Å². The number of benzene rings is 1. The minimum Gasteiger partial charge on any atom is -0.447 e. The second-order valence-corrected chi connectivity index (χ2v) is 14.9. The Morgan fingerprint density at radius 2 is 1.83 bits per heavy atom. The molecule has 3 aromatic rings. The summed E-state index contributed by atoms with van der Waals surface area (Å²) in [6.07, 6.45) is 4.90. The van der Waals surface area contributed by atoms with E-state index >= 15 is 0 Å². The summed E-state index contributed by atoms with van der Waals surface area (Å²) in [5, 5.41) is 9.35. The van der Waals surface area contributed by atoms with Gasteiger partial charge in [0.25, 0.3) is 12.3 Å². The van der Waals surface area contributed by atoms with Crippen molar-refractivity contribution in [3.63, 3.8) is 0 Å². The molecule has 3 atom stereocenters. The van der Waals surface area contributed by atoms with Crippen molar-refractivity contribution in [3.05, 3.63) is 71.3 Å². The van der Waals surface area contributed by atoms with Crippen LogP contribution in [0.25, 0.3) is 17.0 Å². The molecule has 286 valence electrons. The summed E-state index contributed by atoms with van der Waals surface area (Å²) in [4.78, 5) is 37.6. The average molecular weight is 770 g/mol. The second kappa shape index (κ2) is 14.9. The van der Waals surface area contributed by atoms with Crippen molar-refractivity contribution in [1.82, 2.24) is 34.8 Å². The van der Waals surface area contributed by atoms with Crippen molar-refractivity contribution in [2.24, 2.45) is 22.1 Å². The number of alkyl halides is 6. The third kappa shape index (κ3) is 8.21. The third-order valence-electron chi connectivity index (χ3n) is 8.83. The van der Waals surface area contributed by atoms with E-state index in [2.05, 4.69) is 20.5 Å². The quantitative estimate of drug-likeness (QED) is 0.183. The number of allylic oxidation sites excluding steroid dienone is 3. The summed E-state index contributed by atoms with van der Waals surface area (Å²) in [5.74, 6) is -1.73. The van der Waals surface area contributed by atoms with Gasteiger partial charge in [0, 0.05) is 23.2 Å². The lowest BCUT2D eigenvalue weighted by Gasteiger charge is -2.38. The lowest BCUT2D eigenvalue weighted by Crippen LogP contribution is -2.52. The molecule has 2 amide bonds. The van der Waals surface area contributed by atoms with Crippen molar-refractivity contribution in [2.75, 3.05) is 6.61 Å². The van der Waals surface area contributed by atoms with E-state index in [9.17, 15) is 35.9 Å². The Morgan fingerprint density at radius 3 is 2.42 bits per heavy atom. The molecule has 2 aliphatic rings. The molecule has 1 unspecified atom stereocenters. The third-order valence-corrected chi connectivity index (χ3v) is 9.16. The van der Waals surface area contributed by atoms with E-state index in [1.165, 1.54) is 30.6 Å². The first-order valence-electron chi connectivity index (χ1n) is 16.3. The number of amides is 2. The number of rotatable bonds is 12. The molecule has 12 nitrogen and oxygen atoms in total. The largest absolute Gasteiger partial charge is 0.447 e. The molecule has 2 aromatic heterocycles. The minimum atomic E-state index is -3.08. The van der Waals surface area contributed by atoms with Crippen LogP contribution in [0.2, 0.25) is 5.02 Å². The van der Waals surface area contributed by atoms with Gasteiger partial charge < -0.3 is 15.8 Å². The molecule has 1 aliphatic heterocycles. The number of alkyl carbamates (subject to hydrolysis) is 1. The molecule has 0 bridgehead atoms. The van der Waals surface area contributed by atoms with Crippen molar-refractivity contribution < 1.29 is 40.7 Å². The number of aliphatic imine (C=N–C) groups is 1. The van der Waals surface area contributed by atoms with Gasteiger partial charge in [-0.3, -0.25) is 9.69 Å². The Hall–Kier alpha value is -4.87. The lowest BCUT2D eigenvalue weighted by molar-refractivity contribution is -0.136. The fourth-order valence-electron chi connectivity index (χ4n) is 6.33. The summed E-state index contributed by atoms with van der Waals surface area (Å²) >= 11 is 6.43. The molecule has 3 heterocycles. The van der Waals surface area contributed by atoms with Crippen LogP contribution in [-0.2, 0) is 9.53 Å². The van der Waals surface area contributed by atoms with Crippen LogP contribution in [-0.4, -0.2) is 71.5 Å². The molecule has 1 aromatic carbocycles. The normalized spacial score (nSPS) is 20.0. The maximum absolute atomic E-state index is 14.9. The number of nitrogens with two attached hydrogens (primary N) is 1. The topological polar surface area (TPSA) is 146 Å². The number of guanidine groups is 1. The zero-order valence-corrected chi connectivity index (χ0v) is 30.0. The van der Waals surface area contributed by atoms with Gasteiger partial charge in [0.1, 0.15) is 12.9 Å². The van der Waals surface area contributed by atoms with Crippen LogP contribution >= 0.6 is 11.6 Å². The van der Waals surface area contributed by atoms with Gasteiger partial charge in [0.15, 0.2) is 17.3 Å². The molecule has 0 fully saturated rings. The molecule has 0 saturated carbocycles. The number of ether oxygens (including phenoxy) is 1. The zero-order valence-electron chi connectivity index (χ0n) is 29.3. The van der Waals surface area contributed by atoms with Crippen LogP contribution in [0.3, 0.4) is 0 Å². The van der Waals surface area contributed by atoms with E-state index in [-0.39, 0.29) is 40.8 Å². The Labute approximate surface area is 305 Å². The van der Waals surface area contributed by atoms with Gasteiger partial charge in [-0.1, -0.05) is 56.7 Å². The number of nitrogens with one attached hydrogen (secondary N) is 1. The number of nitrogens with zero attached hydrogens (tertiary/aromatic N) is 7. The number of hydrogen-bond donors (Lipinski definition) is 2. The van der Waals surface area contributed by atoms with Crippen molar-refractivity contribution in [1.29, 1.82) is 0 Å². The van der Waals surface area contributed by atoms with E-state index in [0.29, 0.717) is 20.5 Å². The molecule has 0 saturated heterocycles. The predicted molar refractivity (Wildman–Crippen MR) is 183 cm³/mol. The Balaban J connectivity index is 1.55. The molecule has 0 radical (unpaired) electrons. The molecular weight excluding hydrogens is 732 g/mol. The van der Waals surface area contributed by atoms with Gasteiger partial charge in [-0.05, 0) is 55.4 Å². The summed E-state index contributed by atoms with van der Waals surface area (Å²) < 4.78 is 87.4. The Morgan fingerprint density at radius 1 is 1.11 bits per heavy atom. The first kappa shape index (κ1) is 39.3. The molecular formula is C34H38ClF6N9O3. The summed E-state index contributed by atoms with van der Waals surface area (Å²) in [7, 11) is 0. The average Bonchev–Trinajstić information content (AvgIpc) is 3.81. The number of aromatic nitrogens is 5. The van der Waals surface area contributed by atoms with E-state index in [4.69, 9.17) is 27.1 Å². The summed E-state index contributed by atoms with van der Waals surface area (Å²) in [6, 6.07) is 2.92. The summed E-state index contributed by atoms with van der Waals surface area (Å²) in [6.45, 7) is 1.37. The van der Waals surface area contributed by atoms with Gasteiger partial charge in [-0.15, -0.1) is 0 Å². The van der Waals surface area contributed by atoms with Crippen molar-refractivity contribution >= 4 is 35.1 Å². The minimum absolute atomic E-state index is 0.00130. The first-order chi connectivity index (χ1) is 24.7. The highest BCUT2D eigenvalue weighted by Gasteiger charge is 2.55. The lowest BCUT2D eigenvalue weighted by atomic mass is 9.70. The van der Waals surface area contributed by atoms with Crippen molar-refractivity contribution in [2.45, 2.75) is 84.1 Å². The maximum Gasteiger partial charge on any atom is 0.407 e. The maximum atomic E-state index is 14.9. The molecule has 1 aliphatic carbocycles. The van der Waals surface area contributed by atoms with Crippen LogP contribution in [0.4, 0.5) is 31.1 Å². The molecule has 53 heavy (non-hydrogen) atoms. The number of hydrogen-bond acceptors (Lipinski definition) is 8. The predicted octanol–water partition coefficient (Wildman–Crippen LogP) is 7.39. The number of halogens is 7. The SMILES string of the molecule is CC(C)(C)C[C@]1(C2C=CC(c3cnn(C(F)F)c3)=CC2)N=C(N)N([C@H](COC(=O)NC(C)(C)C(F)F)c2ccc(Cl)c(-c3ncnn3C(F)F)c2)C1=O. The van der Waals surface area contributed by atoms with Gasteiger partial charge in [-0.2, -0.15) is 32.4 Å². The highest BCUT2D eigenvalue weighted by Crippen LogP contribution is 2.46. The summed E-state index contributed by atoms with van der Waals surface area (Å²) in [5.41, 5.74) is 3.81. The Kier molecular flexibility index (Phi) is 11.0. The van der Waals surface area contributed by atoms with Crippen LogP contribution in [0.1, 0.15) is 77.7 Å². The monoisotopic (exact) mass is 769 g/mol. The standard InChI is InChI=1S/C34H38ClF6N9O3/c1-32(2,3)16-34(21-9-6-18(7-10-21)20-13-44-48(14-20)28(38)39)27(51)49(30(42)46-34)24(15-53-31(52)47-33(4,5)26(36)37)19-8-11-23(35)22(12-19)25-43-17-45-50(25)29(40)41/h6-9,11-14,17,21,24,26,28-29H,10,15-16H2,1-5H3,(H2,42,46)(H,47,52)/t21?,24-,34-/m1/s1. The molecule has 5 rings (SSSR count). The van der Waals surface area contributed by atoms with E-state index in [0.717, 1.165) is 25.1 Å². The highest BCUT2D eigenvalue weighted by molar-refractivity contribution is 6.33. The van der Waals surface area contributed by atoms with E-state index < -0.39 is 66.6 Å². The highest BCUT2D eigenvalue weighted by atomic mass is 35.5. The number of carbonyl (C=O) groups is 2. The first-order valence-corrected chi connectivity index (χ1v) is 16.7. The van der Waals surface area contributed by atoms with Gasteiger partial charge in [0.2, 0.25) is 0 Å². The molecule has 3 N–H and O–H groups in total. The van der Waals surface area contributed by atoms with Crippen LogP contribution in [0.5, 0.6) is 0 Å². The van der Waals surface area contributed by atoms with Crippen LogP contribution in [0.15, 0.2) is 60.1 Å². The smallest absolute Gasteiger partial charge is 0.407 e. The van der Waals surface area contributed by atoms with Gasteiger partial charge >= 0.3 is 19.2 Å². The van der Waals surface area contributed by atoms with E-state index in [1.54, 1.807) is 18.2 Å². The molecule has 0 spiro atoms.